The monoisotopic (exact) mass is 377 g/mol. The maximum Gasteiger partial charge on any atom is 0.354 e. The second kappa shape index (κ2) is 9.06. The highest BCUT2D eigenvalue weighted by molar-refractivity contribution is 6.04. The zero-order valence-electron chi connectivity index (χ0n) is 17.1. The molecule has 27 heavy (non-hydrogen) atoms. The van der Waals surface area contributed by atoms with Crippen molar-refractivity contribution < 1.29 is 19.1 Å². The lowest BCUT2D eigenvalue weighted by molar-refractivity contribution is 0.0588. The largest absolute Gasteiger partial charge is 0.464 e. The number of urea groups is 1. The Labute approximate surface area is 161 Å². The van der Waals surface area contributed by atoms with Crippen LogP contribution in [-0.4, -0.2) is 53.5 Å². The molecule has 150 valence electrons. The van der Waals surface area contributed by atoms with Crippen LogP contribution in [-0.2, 0) is 11.8 Å². The molecule has 7 heteroatoms. The second-order valence-electron chi connectivity index (χ2n) is 7.16. The lowest BCUT2D eigenvalue weighted by Gasteiger charge is -2.34. The van der Waals surface area contributed by atoms with E-state index in [0.29, 0.717) is 29.1 Å². The number of hydrogen-bond acceptors (Lipinski definition) is 4. The molecule has 0 spiro atoms. The fourth-order valence-electron chi connectivity index (χ4n) is 4.02. The highest BCUT2D eigenvalue weighted by atomic mass is 16.5. The number of Topliss-reactive ketones (excluding diaryl/α,β-unsaturated/α-hetero) is 1. The van der Waals surface area contributed by atoms with Crippen LogP contribution < -0.4 is 5.32 Å². The van der Waals surface area contributed by atoms with Gasteiger partial charge in [-0.25, -0.2) is 9.59 Å². The summed E-state index contributed by atoms with van der Waals surface area (Å²) in [5.74, 6) is -0.613. The molecule has 0 atom stereocenters. The molecule has 1 aliphatic carbocycles. The number of ketones is 1. The van der Waals surface area contributed by atoms with Crippen LogP contribution in [0.2, 0.25) is 0 Å². The van der Waals surface area contributed by atoms with E-state index in [1.807, 2.05) is 13.8 Å². The van der Waals surface area contributed by atoms with Gasteiger partial charge in [0.15, 0.2) is 5.78 Å². The molecule has 0 bridgehead atoms. The van der Waals surface area contributed by atoms with E-state index in [1.165, 1.54) is 13.5 Å². The number of nitrogens with one attached hydrogen (secondary N) is 1. The average molecular weight is 377 g/mol. The lowest BCUT2D eigenvalue weighted by Crippen LogP contribution is -2.49. The molecule has 1 aromatic heterocycles. The van der Waals surface area contributed by atoms with Crippen molar-refractivity contribution in [2.24, 2.45) is 7.05 Å². The second-order valence-corrected chi connectivity index (χ2v) is 7.16. The van der Waals surface area contributed by atoms with Crippen molar-refractivity contribution in [3.05, 3.63) is 22.5 Å². The quantitative estimate of drug-likeness (QED) is 0.610. The third kappa shape index (κ3) is 4.34. The summed E-state index contributed by atoms with van der Waals surface area (Å²) >= 11 is 0. The predicted octanol–water partition coefficient (Wildman–Crippen LogP) is 2.98. The summed E-state index contributed by atoms with van der Waals surface area (Å²) in [6, 6.07) is -0.115. The van der Waals surface area contributed by atoms with Crippen molar-refractivity contribution in [1.82, 2.24) is 14.8 Å². The number of rotatable bonds is 6. The molecule has 0 aliphatic heterocycles. The molecule has 0 aromatic carbocycles. The van der Waals surface area contributed by atoms with E-state index in [9.17, 15) is 14.4 Å². The average Bonchev–Trinajstić information content (AvgIpc) is 2.88. The van der Waals surface area contributed by atoms with Gasteiger partial charge in [-0.15, -0.1) is 0 Å². The topological polar surface area (TPSA) is 80.6 Å². The van der Waals surface area contributed by atoms with Crippen molar-refractivity contribution in [2.75, 3.05) is 20.2 Å². The van der Waals surface area contributed by atoms with Crippen LogP contribution in [0.5, 0.6) is 0 Å². The number of aromatic nitrogens is 1. The van der Waals surface area contributed by atoms with E-state index in [1.54, 1.807) is 23.4 Å². The first-order chi connectivity index (χ1) is 12.8. The van der Waals surface area contributed by atoms with E-state index < -0.39 is 5.97 Å². The fraction of sp³-hybridized carbons (Fsp3) is 0.650. The number of carbonyl (C=O) groups is 3. The van der Waals surface area contributed by atoms with Crippen LogP contribution in [0.25, 0.3) is 0 Å². The van der Waals surface area contributed by atoms with Crippen molar-refractivity contribution in [3.8, 4) is 0 Å². The van der Waals surface area contributed by atoms with Gasteiger partial charge in [0.25, 0.3) is 0 Å². The third-order valence-electron chi connectivity index (χ3n) is 5.51. The Kier molecular flexibility index (Phi) is 7.05. The highest BCUT2D eigenvalue weighted by Crippen LogP contribution is 2.26. The van der Waals surface area contributed by atoms with Crippen LogP contribution in [0.3, 0.4) is 0 Å². The predicted molar refractivity (Wildman–Crippen MR) is 103 cm³/mol. The maximum atomic E-state index is 13.1. The molecular formula is C20H31N3O4. The fourth-order valence-corrected chi connectivity index (χ4v) is 4.02. The molecule has 1 heterocycles. The van der Waals surface area contributed by atoms with Crippen LogP contribution >= 0.6 is 0 Å². The molecule has 2 amide bonds. The van der Waals surface area contributed by atoms with Crippen LogP contribution in [0.4, 0.5) is 4.79 Å². The number of nitrogens with zero attached hydrogens (tertiary/aromatic N) is 2. The number of ether oxygens (including phenoxy) is 1. The number of hydrogen-bond donors (Lipinski definition) is 1. The zero-order valence-corrected chi connectivity index (χ0v) is 17.1. The minimum atomic E-state index is -0.468. The summed E-state index contributed by atoms with van der Waals surface area (Å²) in [7, 11) is 3.07. The molecule has 2 rings (SSSR count). The van der Waals surface area contributed by atoms with Crippen molar-refractivity contribution in [3.63, 3.8) is 0 Å². The third-order valence-corrected chi connectivity index (χ3v) is 5.51. The lowest BCUT2D eigenvalue weighted by atomic mass is 9.93. The van der Waals surface area contributed by atoms with Crippen molar-refractivity contribution in [2.45, 2.75) is 58.9 Å². The number of esters is 1. The van der Waals surface area contributed by atoms with Crippen LogP contribution in [0, 0.1) is 13.8 Å². The molecule has 1 aromatic rings. The Morgan fingerprint density at radius 1 is 1.19 bits per heavy atom. The number of methoxy groups -OCH3 is 1. The minimum Gasteiger partial charge on any atom is -0.464 e. The number of amides is 2. The van der Waals surface area contributed by atoms with Gasteiger partial charge in [0.2, 0.25) is 0 Å². The zero-order chi connectivity index (χ0) is 20.1. The van der Waals surface area contributed by atoms with E-state index in [4.69, 9.17) is 4.74 Å². The Morgan fingerprint density at radius 3 is 2.37 bits per heavy atom. The van der Waals surface area contributed by atoms with E-state index in [2.05, 4.69) is 5.32 Å². The SMILES string of the molecule is CCNC(=O)N(CC(=O)c1c(C)c(C(=O)OC)n(C)c1C)C1CCCCC1. The van der Waals surface area contributed by atoms with Gasteiger partial charge in [-0.05, 0) is 39.2 Å². The Bertz CT molecular complexity index is 717. The standard InChI is InChI=1S/C20H31N3O4/c1-6-21-20(26)23(15-10-8-7-9-11-15)12-16(24)17-13(2)18(19(25)27-5)22(4)14(17)3/h15H,6-12H2,1-5H3,(H,21,26). The molecule has 1 fully saturated rings. The summed E-state index contributed by atoms with van der Waals surface area (Å²) in [6.45, 7) is 5.97. The summed E-state index contributed by atoms with van der Waals surface area (Å²) in [6.07, 6.45) is 5.16. The summed E-state index contributed by atoms with van der Waals surface area (Å²) < 4.78 is 6.53. The van der Waals surface area contributed by atoms with Gasteiger partial charge >= 0.3 is 12.0 Å². The van der Waals surface area contributed by atoms with Gasteiger partial charge in [0.05, 0.1) is 13.7 Å². The molecule has 0 radical (unpaired) electrons. The molecule has 1 saturated carbocycles. The van der Waals surface area contributed by atoms with Crippen LogP contribution in [0.15, 0.2) is 0 Å². The molecular weight excluding hydrogens is 346 g/mol. The first-order valence-electron chi connectivity index (χ1n) is 9.65. The van der Waals surface area contributed by atoms with E-state index in [0.717, 1.165) is 25.7 Å². The van der Waals surface area contributed by atoms with Gasteiger partial charge in [-0.1, -0.05) is 19.3 Å². The Hall–Kier alpha value is -2.31. The van der Waals surface area contributed by atoms with Gasteiger partial charge < -0.3 is 19.5 Å². The molecule has 0 saturated heterocycles. The normalized spacial score (nSPS) is 14.7. The van der Waals surface area contributed by atoms with Crippen LogP contribution in [0.1, 0.15) is 71.1 Å². The van der Waals surface area contributed by atoms with E-state index in [-0.39, 0.29) is 24.4 Å². The van der Waals surface area contributed by atoms with Crippen molar-refractivity contribution >= 4 is 17.8 Å². The molecule has 0 unspecified atom stereocenters. The maximum absolute atomic E-state index is 13.1. The smallest absolute Gasteiger partial charge is 0.354 e. The summed E-state index contributed by atoms with van der Waals surface area (Å²) in [5.41, 5.74) is 2.19. The number of carbonyl (C=O) groups excluding carboxylic acids is 3. The van der Waals surface area contributed by atoms with Gasteiger partial charge in [-0.3, -0.25) is 4.79 Å². The summed E-state index contributed by atoms with van der Waals surface area (Å²) in [5, 5.41) is 2.83. The van der Waals surface area contributed by atoms with Gasteiger partial charge in [0, 0.05) is 30.9 Å². The first-order valence-corrected chi connectivity index (χ1v) is 9.65. The highest BCUT2D eigenvalue weighted by Gasteiger charge is 2.31. The minimum absolute atomic E-state index is 0.0167. The molecule has 1 aliphatic rings. The Balaban J connectivity index is 2.32. The Morgan fingerprint density at radius 2 is 1.81 bits per heavy atom. The summed E-state index contributed by atoms with van der Waals surface area (Å²) in [4.78, 5) is 39.5. The molecule has 1 N–H and O–H groups in total. The molecule has 7 nitrogen and oxygen atoms in total. The first kappa shape index (κ1) is 21.0. The van der Waals surface area contributed by atoms with Gasteiger partial charge in [-0.2, -0.15) is 0 Å². The van der Waals surface area contributed by atoms with Gasteiger partial charge in [0.1, 0.15) is 5.69 Å². The van der Waals surface area contributed by atoms with E-state index >= 15 is 0 Å². The van der Waals surface area contributed by atoms with Crippen molar-refractivity contribution in [1.29, 1.82) is 0 Å².